The normalized spacial score (nSPS) is 10.1. The molecule has 0 aliphatic rings. The number of aromatic amines is 1. The Morgan fingerprint density at radius 3 is 2.62 bits per heavy atom. The zero-order valence-corrected chi connectivity index (χ0v) is 11.7. The van der Waals surface area contributed by atoms with Crippen molar-refractivity contribution in [3.63, 3.8) is 0 Å². The maximum absolute atomic E-state index is 12.1. The van der Waals surface area contributed by atoms with Gasteiger partial charge in [-0.25, -0.2) is 9.78 Å². The molecule has 21 heavy (non-hydrogen) atoms. The van der Waals surface area contributed by atoms with Crippen LogP contribution in [-0.2, 0) is 11.3 Å². The number of rotatable bonds is 5. The number of anilines is 1. The van der Waals surface area contributed by atoms with Gasteiger partial charge in [0.1, 0.15) is 12.4 Å². The Kier molecular flexibility index (Phi) is 4.78. The van der Waals surface area contributed by atoms with Gasteiger partial charge in [-0.05, 0) is 24.3 Å². The third-order valence-corrected chi connectivity index (χ3v) is 2.89. The fourth-order valence-electron chi connectivity index (χ4n) is 1.69. The molecule has 0 saturated carbocycles. The molecule has 7 nitrogen and oxygen atoms in total. The van der Waals surface area contributed by atoms with Gasteiger partial charge in [0.2, 0.25) is 0 Å². The predicted octanol–water partition coefficient (Wildman–Crippen LogP) is 1.86. The van der Waals surface area contributed by atoms with Crippen LogP contribution in [0.4, 0.5) is 10.5 Å². The molecule has 0 bridgehead atoms. The number of benzene rings is 1. The van der Waals surface area contributed by atoms with E-state index in [1.165, 1.54) is 0 Å². The van der Waals surface area contributed by atoms with Gasteiger partial charge in [0.05, 0.1) is 6.54 Å². The number of urea groups is 1. The van der Waals surface area contributed by atoms with Gasteiger partial charge in [0.25, 0.3) is 0 Å². The third-order valence-electron chi connectivity index (χ3n) is 2.64. The highest BCUT2D eigenvalue weighted by atomic mass is 35.5. The molecule has 0 fully saturated rings. The van der Waals surface area contributed by atoms with Crippen LogP contribution in [0.5, 0.6) is 0 Å². The third kappa shape index (κ3) is 4.22. The Balaban J connectivity index is 2.09. The van der Waals surface area contributed by atoms with Gasteiger partial charge in [-0.15, -0.1) is 0 Å². The maximum atomic E-state index is 12.1. The summed E-state index contributed by atoms with van der Waals surface area (Å²) < 4.78 is 0. The minimum absolute atomic E-state index is 0.176. The van der Waals surface area contributed by atoms with Gasteiger partial charge in [0.15, 0.2) is 0 Å². The Hall–Kier alpha value is -2.54. The van der Waals surface area contributed by atoms with Crippen LogP contribution in [0.15, 0.2) is 36.7 Å². The number of aliphatic carboxylic acids is 1. The Labute approximate surface area is 125 Å². The first-order chi connectivity index (χ1) is 10.1. The SMILES string of the molecule is O=C(O)CN(C(=O)NCc1ncc[nH]1)c1ccc(Cl)cc1. The topological polar surface area (TPSA) is 98.3 Å². The second kappa shape index (κ2) is 6.76. The van der Waals surface area contributed by atoms with Gasteiger partial charge < -0.3 is 15.4 Å². The number of hydrogen-bond acceptors (Lipinski definition) is 3. The number of nitrogens with zero attached hydrogens (tertiary/aromatic N) is 2. The largest absolute Gasteiger partial charge is 0.480 e. The summed E-state index contributed by atoms with van der Waals surface area (Å²) in [6.07, 6.45) is 3.20. The summed E-state index contributed by atoms with van der Waals surface area (Å²) in [5.41, 5.74) is 0.443. The van der Waals surface area contributed by atoms with Crippen molar-refractivity contribution in [3.8, 4) is 0 Å². The lowest BCUT2D eigenvalue weighted by atomic mass is 10.3. The monoisotopic (exact) mass is 308 g/mol. The van der Waals surface area contributed by atoms with Crippen molar-refractivity contribution in [2.24, 2.45) is 0 Å². The number of aromatic nitrogens is 2. The molecule has 2 rings (SSSR count). The summed E-state index contributed by atoms with van der Waals surface area (Å²) in [5.74, 6) is -0.534. The predicted molar refractivity (Wildman–Crippen MR) is 77.3 cm³/mol. The van der Waals surface area contributed by atoms with Crippen LogP contribution in [0.2, 0.25) is 5.02 Å². The number of H-pyrrole nitrogens is 1. The Morgan fingerprint density at radius 1 is 1.33 bits per heavy atom. The molecular weight excluding hydrogens is 296 g/mol. The van der Waals surface area contributed by atoms with E-state index in [-0.39, 0.29) is 6.54 Å². The highest BCUT2D eigenvalue weighted by molar-refractivity contribution is 6.30. The van der Waals surface area contributed by atoms with Gasteiger partial charge >= 0.3 is 12.0 Å². The van der Waals surface area contributed by atoms with E-state index in [4.69, 9.17) is 16.7 Å². The molecule has 1 heterocycles. The number of carboxylic acids is 1. The molecule has 0 aliphatic carbocycles. The molecule has 0 unspecified atom stereocenters. The van der Waals surface area contributed by atoms with Crippen LogP contribution in [0.3, 0.4) is 0 Å². The van der Waals surface area contributed by atoms with Crippen LogP contribution in [0.1, 0.15) is 5.82 Å². The zero-order valence-electron chi connectivity index (χ0n) is 10.9. The van der Waals surface area contributed by atoms with Crippen molar-refractivity contribution >= 4 is 29.3 Å². The lowest BCUT2D eigenvalue weighted by Gasteiger charge is -2.21. The molecule has 2 amide bonds. The molecule has 0 atom stereocenters. The van der Waals surface area contributed by atoms with Gasteiger partial charge in [0, 0.05) is 23.1 Å². The van der Waals surface area contributed by atoms with Gasteiger partial charge in [-0.2, -0.15) is 0 Å². The summed E-state index contributed by atoms with van der Waals surface area (Å²) >= 11 is 5.78. The highest BCUT2D eigenvalue weighted by Gasteiger charge is 2.18. The van der Waals surface area contributed by atoms with Gasteiger partial charge in [-0.1, -0.05) is 11.6 Å². The van der Waals surface area contributed by atoms with E-state index in [9.17, 15) is 9.59 Å². The lowest BCUT2D eigenvalue weighted by Crippen LogP contribution is -2.42. The smallest absolute Gasteiger partial charge is 0.323 e. The second-order valence-electron chi connectivity index (χ2n) is 4.15. The molecule has 3 N–H and O–H groups in total. The highest BCUT2D eigenvalue weighted by Crippen LogP contribution is 2.18. The van der Waals surface area contributed by atoms with Crippen molar-refractivity contribution in [3.05, 3.63) is 47.5 Å². The van der Waals surface area contributed by atoms with Crippen molar-refractivity contribution < 1.29 is 14.7 Å². The van der Waals surface area contributed by atoms with E-state index in [1.54, 1.807) is 36.7 Å². The standard InChI is InChI=1S/C13H13ClN4O3/c14-9-1-3-10(4-2-9)18(8-12(19)20)13(21)17-7-11-15-5-6-16-11/h1-6H,7-8H2,(H,15,16)(H,17,21)(H,19,20). The molecule has 110 valence electrons. The molecule has 1 aromatic heterocycles. The fourth-order valence-corrected chi connectivity index (χ4v) is 1.81. The van der Waals surface area contributed by atoms with E-state index < -0.39 is 18.5 Å². The molecule has 0 aliphatic heterocycles. The number of hydrogen-bond donors (Lipinski definition) is 3. The number of halogens is 1. The van der Waals surface area contributed by atoms with E-state index in [2.05, 4.69) is 15.3 Å². The molecule has 0 spiro atoms. The average Bonchev–Trinajstić information content (AvgIpc) is 2.96. The van der Waals surface area contributed by atoms with E-state index in [0.717, 1.165) is 4.90 Å². The number of amides is 2. The Morgan fingerprint density at radius 2 is 2.05 bits per heavy atom. The van der Waals surface area contributed by atoms with Crippen LogP contribution in [-0.4, -0.2) is 33.6 Å². The quantitative estimate of drug-likeness (QED) is 0.785. The molecule has 0 radical (unpaired) electrons. The first-order valence-electron chi connectivity index (χ1n) is 6.07. The molecule has 0 saturated heterocycles. The molecule has 2 aromatic rings. The zero-order chi connectivity index (χ0) is 15.2. The summed E-state index contributed by atoms with van der Waals surface area (Å²) in [7, 11) is 0. The summed E-state index contributed by atoms with van der Waals surface area (Å²) in [4.78, 5) is 31.0. The minimum atomic E-state index is -1.11. The lowest BCUT2D eigenvalue weighted by molar-refractivity contribution is -0.135. The van der Waals surface area contributed by atoms with Crippen LogP contribution >= 0.6 is 11.6 Å². The molecule has 8 heteroatoms. The number of carbonyl (C=O) groups excluding carboxylic acids is 1. The van der Waals surface area contributed by atoms with E-state index in [0.29, 0.717) is 16.5 Å². The molecular formula is C13H13ClN4O3. The van der Waals surface area contributed by atoms with E-state index in [1.807, 2.05) is 0 Å². The number of nitrogens with one attached hydrogen (secondary N) is 2. The van der Waals surface area contributed by atoms with Crippen molar-refractivity contribution in [2.45, 2.75) is 6.54 Å². The van der Waals surface area contributed by atoms with Crippen LogP contribution in [0, 0.1) is 0 Å². The van der Waals surface area contributed by atoms with Gasteiger partial charge in [-0.3, -0.25) is 9.69 Å². The summed E-state index contributed by atoms with van der Waals surface area (Å²) in [6, 6.07) is 5.81. The summed E-state index contributed by atoms with van der Waals surface area (Å²) in [6.45, 7) is -0.277. The van der Waals surface area contributed by atoms with Crippen LogP contribution in [0.25, 0.3) is 0 Å². The number of carbonyl (C=O) groups is 2. The fraction of sp³-hybridized carbons (Fsp3) is 0.154. The van der Waals surface area contributed by atoms with Crippen molar-refractivity contribution in [2.75, 3.05) is 11.4 Å². The average molecular weight is 309 g/mol. The minimum Gasteiger partial charge on any atom is -0.480 e. The molecule has 1 aromatic carbocycles. The van der Waals surface area contributed by atoms with E-state index >= 15 is 0 Å². The number of imidazole rings is 1. The first-order valence-corrected chi connectivity index (χ1v) is 6.45. The van der Waals surface area contributed by atoms with Crippen LogP contribution < -0.4 is 10.2 Å². The maximum Gasteiger partial charge on any atom is 0.323 e. The first kappa shape index (κ1) is 14.9. The van der Waals surface area contributed by atoms with Crippen molar-refractivity contribution in [1.29, 1.82) is 0 Å². The number of carboxylic acid groups (broad SMARTS) is 1. The summed E-state index contributed by atoms with van der Waals surface area (Å²) in [5, 5.41) is 12.0. The van der Waals surface area contributed by atoms with Crippen molar-refractivity contribution in [1.82, 2.24) is 15.3 Å². The Bertz CT molecular complexity index is 613. The second-order valence-corrected chi connectivity index (χ2v) is 4.59.